The molecule has 4 nitrogen and oxygen atoms in total. The first-order valence-corrected chi connectivity index (χ1v) is 8.12. The summed E-state index contributed by atoms with van der Waals surface area (Å²) in [5.41, 5.74) is -0.333. The average Bonchev–Trinajstić information content (AvgIpc) is 3.29. The SMILES string of the molecule is CCCNC(C#N)(CN(C)CC1CCCOC1)C1CC1. The second-order valence-electron chi connectivity index (χ2n) is 6.56. The molecule has 114 valence electrons. The average molecular weight is 279 g/mol. The zero-order chi connectivity index (χ0) is 14.4. The third-order valence-electron chi connectivity index (χ3n) is 4.51. The van der Waals surface area contributed by atoms with E-state index in [2.05, 4.69) is 30.3 Å². The van der Waals surface area contributed by atoms with Gasteiger partial charge in [0.15, 0.2) is 0 Å². The third kappa shape index (κ3) is 4.18. The lowest BCUT2D eigenvalue weighted by molar-refractivity contribution is 0.0390. The Labute approximate surface area is 123 Å². The minimum atomic E-state index is -0.333. The highest BCUT2D eigenvalue weighted by Gasteiger charge is 2.46. The Bertz CT molecular complexity index is 331. The maximum Gasteiger partial charge on any atom is 0.122 e. The standard InChI is InChI=1S/C16H29N3O/c1-3-8-18-16(12-17,15-6-7-15)13-19(2)10-14-5-4-9-20-11-14/h14-15,18H,3-11,13H2,1-2H3. The fourth-order valence-corrected chi connectivity index (χ4v) is 3.30. The molecule has 0 aromatic carbocycles. The number of ether oxygens (including phenoxy) is 1. The second-order valence-corrected chi connectivity index (χ2v) is 6.56. The molecule has 0 aromatic rings. The molecule has 4 heteroatoms. The van der Waals surface area contributed by atoms with Crippen LogP contribution in [0.4, 0.5) is 0 Å². The number of nitrogens with one attached hydrogen (secondary N) is 1. The minimum Gasteiger partial charge on any atom is -0.381 e. The highest BCUT2D eigenvalue weighted by molar-refractivity contribution is 5.16. The van der Waals surface area contributed by atoms with Crippen LogP contribution in [0.1, 0.15) is 39.0 Å². The zero-order valence-corrected chi connectivity index (χ0v) is 13.0. The van der Waals surface area contributed by atoms with E-state index in [-0.39, 0.29) is 5.54 Å². The van der Waals surface area contributed by atoms with Crippen LogP contribution in [-0.2, 0) is 4.74 Å². The van der Waals surface area contributed by atoms with E-state index in [1.54, 1.807) is 0 Å². The third-order valence-corrected chi connectivity index (χ3v) is 4.51. The van der Waals surface area contributed by atoms with Crippen LogP contribution in [-0.4, -0.2) is 50.3 Å². The Kier molecular flexibility index (Phi) is 5.83. The van der Waals surface area contributed by atoms with Gasteiger partial charge in [-0.2, -0.15) is 5.26 Å². The Morgan fingerprint density at radius 2 is 2.20 bits per heavy atom. The summed E-state index contributed by atoms with van der Waals surface area (Å²) in [5, 5.41) is 13.2. The minimum absolute atomic E-state index is 0.333. The van der Waals surface area contributed by atoms with Gasteiger partial charge in [-0.3, -0.25) is 5.32 Å². The number of hydrogen-bond acceptors (Lipinski definition) is 4. The van der Waals surface area contributed by atoms with Crippen molar-refractivity contribution in [1.82, 2.24) is 10.2 Å². The second kappa shape index (κ2) is 7.40. The van der Waals surface area contributed by atoms with E-state index in [1.165, 1.54) is 25.7 Å². The number of nitriles is 1. The van der Waals surface area contributed by atoms with Crippen LogP contribution in [0.25, 0.3) is 0 Å². The molecule has 0 bridgehead atoms. The highest BCUT2D eigenvalue weighted by atomic mass is 16.5. The predicted molar refractivity (Wildman–Crippen MR) is 80.4 cm³/mol. The van der Waals surface area contributed by atoms with E-state index in [0.717, 1.165) is 39.3 Å². The molecule has 0 radical (unpaired) electrons. The molecule has 2 fully saturated rings. The Hall–Kier alpha value is -0.630. The van der Waals surface area contributed by atoms with Crippen LogP contribution in [0.15, 0.2) is 0 Å². The summed E-state index contributed by atoms with van der Waals surface area (Å²) >= 11 is 0. The molecule has 0 aromatic heterocycles. The van der Waals surface area contributed by atoms with Gasteiger partial charge in [0.1, 0.15) is 5.54 Å². The van der Waals surface area contributed by atoms with Gasteiger partial charge in [0, 0.05) is 19.7 Å². The zero-order valence-electron chi connectivity index (χ0n) is 13.0. The summed E-state index contributed by atoms with van der Waals surface area (Å²) in [5.74, 6) is 1.18. The van der Waals surface area contributed by atoms with Crippen molar-refractivity contribution in [1.29, 1.82) is 5.26 Å². The van der Waals surface area contributed by atoms with Crippen molar-refractivity contribution < 1.29 is 4.74 Å². The van der Waals surface area contributed by atoms with E-state index in [1.807, 2.05) is 0 Å². The number of rotatable bonds is 8. The van der Waals surface area contributed by atoms with Crippen molar-refractivity contribution in [2.75, 3.05) is 39.9 Å². The monoisotopic (exact) mass is 279 g/mol. The molecule has 1 aliphatic carbocycles. The fourth-order valence-electron chi connectivity index (χ4n) is 3.30. The first-order chi connectivity index (χ1) is 9.70. The van der Waals surface area contributed by atoms with Crippen molar-refractivity contribution >= 4 is 0 Å². The van der Waals surface area contributed by atoms with Gasteiger partial charge in [-0.1, -0.05) is 6.92 Å². The molecule has 1 saturated carbocycles. The highest BCUT2D eigenvalue weighted by Crippen LogP contribution is 2.40. The van der Waals surface area contributed by atoms with E-state index in [4.69, 9.17) is 4.74 Å². The van der Waals surface area contributed by atoms with Crippen LogP contribution >= 0.6 is 0 Å². The fraction of sp³-hybridized carbons (Fsp3) is 0.938. The summed E-state index contributed by atoms with van der Waals surface area (Å²) in [6.45, 7) is 6.78. The molecule has 20 heavy (non-hydrogen) atoms. The van der Waals surface area contributed by atoms with Crippen molar-refractivity contribution in [3.05, 3.63) is 0 Å². The molecule has 1 N–H and O–H groups in total. The summed E-state index contributed by atoms with van der Waals surface area (Å²) in [6.07, 6.45) is 5.92. The Balaban J connectivity index is 1.87. The maximum atomic E-state index is 9.70. The van der Waals surface area contributed by atoms with Crippen molar-refractivity contribution in [3.8, 4) is 6.07 Å². The van der Waals surface area contributed by atoms with Gasteiger partial charge in [0.25, 0.3) is 0 Å². The summed E-state index contributed by atoms with van der Waals surface area (Å²) in [6, 6.07) is 2.60. The molecule has 1 saturated heterocycles. The quantitative estimate of drug-likeness (QED) is 0.738. The lowest BCUT2D eigenvalue weighted by Gasteiger charge is -2.35. The van der Waals surface area contributed by atoms with Crippen LogP contribution in [0.5, 0.6) is 0 Å². The van der Waals surface area contributed by atoms with Crippen LogP contribution in [0, 0.1) is 23.2 Å². The number of likely N-dealkylation sites (N-methyl/N-ethyl adjacent to an activating group) is 1. The maximum absolute atomic E-state index is 9.70. The normalized spacial score (nSPS) is 26.2. The van der Waals surface area contributed by atoms with Gasteiger partial charge >= 0.3 is 0 Å². The van der Waals surface area contributed by atoms with Crippen molar-refractivity contribution in [3.63, 3.8) is 0 Å². The van der Waals surface area contributed by atoms with E-state index in [0.29, 0.717) is 11.8 Å². The largest absolute Gasteiger partial charge is 0.381 e. The van der Waals surface area contributed by atoms with Crippen LogP contribution in [0.2, 0.25) is 0 Å². The number of hydrogen-bond donors (Lipinski definition) is 1. The van der Waals surface area contributed by atoms with Gasteiger partial charge in [-0.15, -0.1) is 0 Å². The molecule has 1 heterocycles. The molecule has 2 aliphatic rings. The Morgan fingerprint density at radius 3 is 2.75 bits per heavy atom. The number of nitrogens with zero attached hydrogens (tertiary/aromatic N) is 2. The van der Waals surface area contributed by atoms with Gasteiger partial charge in [0.05, 0.1) is 12.7 Å². The lowest BCUT2D eigenvalue weighted by atomic mass is 9.93. The Morgan fingerprint density at radius 1 is 1.40 bits per heavy atom. The first kappa shape index (κ1) is 15.8. The molecular weight excluding hydrogens is 250 g/mol. The van der Waals surface area contributed by atoms with E-state index < -0.39 is 0 Å². The molecular formula is C16H29N3O. The first-order valence-electron chi connectivity index (χ1n) is 8.12. The van der Waals surface area contributed by atoms with Gasteiger partial charge in [-0.05, 0) is 57.5 Å². The molecule has 2 unspecified atom stereocenters. The van der Waals surface area contributed by atoms with Crippen molar-refractivity contribution in [2.45, 2.75) is 44.6 Å². The smallest absolute Gasteiger partial charge is 0.122 e. The van der Waals surface area contributed by atoms with E-state index >= 15 is 0 Å². The molecule has 0 spiro atoms. The molecule has 2 rings (SSSR count). The van der Waals surface area contributed by atoms with Gasteiger partial charge in [-0.25, -0.2) is 0 Å². The summed E-state index contributed by atoms with van der Waals surface area (Å²) in [7, 11) is 2.15. The summed E-state index contributed by atoms with van der Waals surface area (Å²) < 4.78 is 5.56. The molecule has 1 aliphatic heterocycles. The molecule has 2 atom stereocenters. The van der Waals surface area contributed by atoms with E-state index in [9.17, 15) is 5.26 Å². The lowest BCUT2D eigenvalue weighted by Crippen LogP contribution is -2.54. The van der Waals surface area contributed by atoms with Crippen molar-refractivity contribution in [2.24, 2.45) is 11.8 Å². The topological polar surface area (TPSA) is 48.3 Å². The molecule has 0 amide bonds. The van der Waals surface area contributed by atoms with Gasteiger partial charge < -0.3 is 9.64 Å². The van der Waals surface area contributed by atoms with Gasteiger partial charge in [0.2, 0.25) is 0 Å². The summed E-state index contributed by atoms with van der Waals surface area (Å²) in [4.78, 5) is 2.34. The van der Waals surface area contributed by atoms with Crippen LogP contribution < -0.4 is 5.32 Å². The van der Waals surface area contributed by atoms with Crippen LogP contribution in [0.3, 0.4) is 0 Å². The predicted octanol–water partition coefficient (Wildman–Crippen LogP) is 2.02.